The third-order valence-electron chi connectivity index (χ3n) is 4.13. The second-order valence-corrected chi connectivity index (χ2v) is 7.75. The topological polar surface area (TPSA) is 30.5 Å². The van der Waals surface area contributed by atoms with Crippen LogP contribution in [0.2, 0.25) is 20.1 Å². The highest BCUT2D eigenvalue weighted by Crippen LogP contribution is 2.35. The lowest BCUT2D eigenvalue weighted by molar-refractivity contribution is 0.284. The second kappa shape index (κ2) is 9.77. The van der Waals surface area contributed by atoms with Gasteiger partial charge >= 0.3 is 0 Å². The molecule has 0 unspecified atom stereocenters. The van der Waals surface area contributed by atoms with Gasteiger partial charge in [-0.25, -0.2) is 4.39 Å². The van der Waals surface area contributed by atoms with Crippen molar-refractivity contribution in [2.75, 3.05) is 12.4 Å². The van der Waals surface area contributed by atoms with Gasteiger partial charge in [-0.3, -0.25) is 0 Å². The zero-order chi connectivity index (χ0) is 21.0. The molecule has 0 fully saturated rings. The highest BCUT2D eigenvalue weighted by Gasteiger charge is 2.13. The van der Waals surface area contributed by atoms with Gasteiger partial charge in [0.15, 0.2) is 11.5 Å². The molecule has 3 nitrogen and oxygen atoms in total. The van der Waals surface area contributed by atoms with Crippen molar-refractivity contribution in [2.45, 2.75) is 13.2 Å². The van der Waals surface area contributed by atoms with Crippen LogP contribution in [0.3, 0.4) is 0 Å². The number of nitrogens with one attached hydrogen (secondary N) is 1. The van der Waals surface area contributed by atoms with Crippen LogP contribution in [0.4, 0.5) is 10.1 Å². The predicted octanol–water partition coefficient (Wildman–Crippen LogP) is 7.64. The standard InChI is InChI=1S/C21H16Cl4FNO2/c1-28-20-6-13(10-27-19-7-14(22)3-5-16(19)23)18(25)9-21(20)29-11-12-2-4-15(26)8-17(12)24/h2-9,27H,10-11H2,1H3. The molecule has 3 aromatic carbocycles. The number of ether oxygens (including phenoxy) is 2. The lowest BCUT2D eigenvalue weighted by atomic mass is 10.2. The Morgan fingerprint density at radius 1 is 0.828 bits per heavy atom. The Morgan fingerprint density at radius 2 is 1.59 bits per heavy atom. The maximum absolute atomic E-state index is 13.2. The van der Waals surface area contributed by atoms with Crippen LogP contribution in [0.25, 0.3) is 0 Å². The van der Waals surface area contributed by atoms with E-state index in [9.17, 15) is 4.39 Å². The van der Waals surface area contributed by atoms with Crippen molar-refractivity contribution in [1.82, 2.24) is 0 Å². The molecular weight excluding hydrogens is 459 g/mol. The minimum Gasteiger partial charge on any atom is -0.493 e. The summed E-state index contributed by atoms with van der Waals surface area (Å²) in [4.78, 5) is 0. The highest BCUT2D eigenvalue weighted by molar-refractivity contribution is 6.35. The number of methoxy groups -OCH3 is 1. The molecule has 0 aromatic heterocycles. The average molecular weight is 475 g/mol. The summed E-state index contributed by atoms with van der Waals surface area (Å²) < 4.78 is 24.4. The number of rotatable bonds is 7. The largest absolute Gasteiger partial charge is 0.493 e. The molecule has 152 valence electrons. The van der Waals surface area contributed by atoms with Crippen LogP contribution < -0.4 is 14.8 Å². The van der Waals surface area contributed by atoms with Crippen LogP contribution in [0.5, 0.6) is 11.5 Å². The molecule has 0 bridgehead atoms. The zero-order valence-corrected chi connectivity index (χ0v) is 18.3. The Balaban J connectivity index is 1.75. The van der Waals surface area contributed by atoms with E-state index in [1.54, 1.807) is 36.4 Å². The fourth-order valence-electron chi connectivity index (χ4n) is 2.60. The Labute approximate surface area is 188 Å². The average Bonchev–Trinajstić information content (AvgIpc) is 2.69. The minimum atomic E-state index is -0.406. The molecule has 0 radical (unpaired) electrons. The highest BCUT2D eigenvalue weighted by atomic mass is 35.5. The number of hydrogen-bond acceptors (Lipinski definition) is 3. The van der Waals surface area contributed by atoms with Crippen LogP contribution in [0.1, 0.15) is 11.1 Å². The number of halogens is 5. The molecule has 0 saturated carbocycles. The first-order chi connectivity index (χ1) is 13.9. The first-order valence-electron chi connectivity index (χ1n) is 8.49. The lowest BCUT2D eigenvalue weighted by Crippen LogP contribution is -2.03. The first kappa shape index (κ1) is 21.8. The molecule has 0 spiro atoms. The molecule has 0 aliphatic carbocycles. The minimum absolute atomic E-state index is 0.140. The summed E-state index contributed by atoms with van der Waals surface area (Å²) in [6.45, 7) is 0.543. The van der Waals surface area contributed by atoms with Gasteiger partial charge < -0.3 is 14.8 Å². The van der Waals surface area contributed by atoms with Crippen molar-refractivity contribution in [3.05, 3.63) is 85.6 Å². The van der Waals surface area contributed by atoms with Crippen molar-refractivity contribution in [3.8, 4) is 11.5 Å². The van der Waals surface area contributed by atoms with E-state index in [0.29, 0.717) is 44.4 Å². The van der Waals surface area contributed by atoms with E-state index in [-0.39, 0.29) is 11.6 Å². The fraction of sp³-hybridized carbons (Fsp3) is 0.143. The van der Waals surface area contributed by atoms with Gasteiger partial charge in [-0.2, -0.15) is 0 Å². The van der Waals surface area contributed by atoms with Gasteiger partial charge in [-0.15, -0.1) is 0 Å². The van der Waals surface area contributed by atoms with E-state index < -0.39 is 5.82 Å². The zero-order valence-electron chi connectivity index (χ0n) is 15.2. The van der Waals surface area contributed by atoms with Crippen molar-refractivity contribution in [3.63, 3.8) is 0 Å². The number of hydrogen-bond donors (Lipinski definition) is 1. The smallest absolute Gasteiger partial charge is 0.163 e. The molecule has 0 aliphatic rings. The SMILES string of the molecule is COc1cc(CNc2cc(Cl)ccc2Cl)c(Cl)cc1OCc1ccc(F)cc1Cl. The second-order valence-electron chi connectivity index (χ2n) is 6.10. The van der Waals surface area contributed by atoms with Crippen molar-refractivity contribution in [1.29, 1.82) is 0 Å². The molecule has 3 rings (SSSR count). The Morgan fingerprint density at radius 3 is 2.31 bits per heavy atom. The molecule has 0 aliphatic heterocycles. The van der Waals surface area contributed by atoms with Crippen molar-refractivity contribution < 1.29 is 13.9 Å². The fourth-order valence-corrected chi connectivity index (χ4v) is 3.40. The normalized spacial score (nSPS) is 10.7. The monoisotopic (exact) mass is 473 g/mol. The van der Waals surface area contributed by atoms with Crippen LogP contribution in [-0.4, -0.2) is 7.11 Å². The summed E-state index contributed by atoms with van der Waals surface area (Å²) in [5.41, 5.74) is 2.12. The van der Waals surface area contributed by atoms with E-state index in [1.165, 1.54) is 19.2 Å². The summed E-state index contributed by atoms with van der Waals surface area (Å²) in [5, 5.41) is 5.09. The van der Waals surface area contributed by atoms with E-state index in [2.05, 4.69) is 5.32 Å². The summed E-state index contributed by atoms with van der Waals surface area (Å²) >= 11 is 24.6. The van der Waals surface area contributed by atoms with Gasteiger partial charge in [0.25, 0.3) is 0 Å². The molecule has 0 atom stereocenters. The molecule has 0 amide bonds. The van der Waals surface area contributed by atoms with Gasteiger partial charge in [-0.05, 0) is 42.0 Å². The van der Waals surface area contributed by atoms with Crippen molar-refractivity contribution in [2.24, 2.45) is 0 Å². The summed E-state index contributed by atoms with van der Waals surface area (Å²) in [6, 6.07) is 12.7. The first-order valence-corrected chi connectivity index (χ1v) is 10.0. The van der Waals surface area contributed by atoms with E-state index in [0.717, 1.165) is 5.56 Å². The molecule has 3 aromatic rings. The van der Waals surface area contributed by atoms with E-state index in [4.69, 9.17) is 55.9 Å². The third-order valence-corrected chi connectivity index (χ3v) is 5.40. The quantitative estimate of drug-likeness (QED) is 0.381. The van der Waals surface area contributed by atoms with E-state index >= 15 is 0 Å². The van der Waals surface area contributed by atoms with Gasteiger partial charge in [0.05, 0.1) is 22.8 Å². The summed E-state index contributed by atoms with van der Waals surface area (Å²) in [5.74, 6) is 0.542. The van der Waals surface area contributed by atoms with Crippen LogP contribution in [0.15, 0.2) is 48.5 Å². The van der Waals surface area contributed by atoms with Crippen LogP contribution in [-0.2, 0) is 13.2 Å². The molecule has 0 heterocycles. The molecular formula is C21H16Cl4FNO2. The van der Waals surface area contributed by atoms with Gasteiger partial charge in [0.1, 0.15) is 12.4 Å². The Bertz CT molecular complexity index is 1030. The Hall–Kier alpha value is -1.85. The Kier molecular flexibility index (Phi) is 7.36. The van der Waals surface area contributed by atoms with Gasteiger partial charge in [0, 0.05) is 28.2 Å². The molecule has 8 heteroatoms. The summed E-state index contributed by atoms with van der Waals surface area (Å²) in [7, 11) is 1.53. The summed E-state index contributed by atoms with van der Waals surface area (Å²) in [6.07, 6.45) is 0. The van der Waals surface area contributed by atoms with Crippen LogP contribution >= 0.6 is 46.4 Å². The molecule has 1 N–H and O–H groups in total. The van der Waals surface area contributed by atoms with Gasteiger partial charge in [0.2, 0.25) is 0 Å². The maximum Gasteiger partial charge on any atom is 0.163 e. The predicted molar refractivity (Wildman–Crippen MR) is 118 cm³/mol. The molecule has 29 heavy (non-hydrogen) atoms. The van der Waals surface area contributed by atoms with Crippen LogP contribution in [0, 0.1) is 5.82 Å². The number of anilines is 1. The van der Waals surface area contributed by atoms with E-state index in [1.807, 2.05) is 0 Å². The van der Waals surface area contributed by atoms with Crippen molar-refractivity contribution >= 4 is 52.1 Å². The number of benzene rings is 3. The maximum atomic E-state index is 13.2. The lowest BCUT2D eigenvalue weighted by Gasteiger charge is -2.15. The van der Waals surface area contributed by atoms with Gasteiger partial charge in [-0.1, -0.05) is 52.5 Å². The molecule has 0 saturated heterocycles. The third kappa shape index (κ3) is 5.61.